The number of nitrogens with zero attached hydrogens (tertiary/aromatic N) is 2. The van der Waals surface area contributed by atoms with Crippen molar-refractivity contribution in [2.45, 2.75) is 17.1 Å². The first-order chi connectivity index (χ1) is 11.5. The van der Waals surface area contributed by atoms with Gasteiger partial charge in [-0.2, -0.15) is 4.31 Å². The van der Waals surface area contributed by atoms with Crippen LogP contribution in [0.3, 0.4) is 0 Å². The number of carbonyl (C=O) groups excluding carboxylic acids is 1. The lowest BCUT2D eigenvalue weighted by Gasteiger charge is -2.30. The van der Waals surface area contributed by atoms with E-state index >= 15 is 0 Å². The third-order valence-corrected chi connectivity index (χ3v) is 7.11. The summed E-state index contributed by atoms with van der Waals surface area (Å²) in [7, 11) is -3.56. The van der Waals surface area contributed by atoms with E-state index in [1.54, 1.807) is 23.6 Å². The topological polar surface area (TPSA) is 99.6 Å². The molecule has 2 aromatic heterocycles. The highest BCUT2D eigenvalue weighted by Gasteiger charge is 2.34. The third-order valence-electron chi connectivity index (χ3n) is 3.87. The molecule has 7 nitrogen and oxygen atoms in total. The molecule has 3 heterocycles. The van der Waals surface area contributed by atoms with Gasteiger partial charge in [0.1, 0.15) is 4.21 Å². The molecule has 0 spiro atoms. The number of aromatic hydroxyl groups is 1. The monoisotopic (exact) mass is 367 g/mol. The van der Waals surface area contributed by atoms with E-state index in [9.17, 15) is 18.3 Å². The van der Waals surface area contributed by atoms with Crippen molar-refractivity contribution < 1.29 is 18.3 Å². The summed E-state index contributed by atoms with van der Waals surface area (Å²) in [5.74, 6) is -0.851. The van der Waals surface area contributed by atoms with Gasteiger partial charge in [0.2, 0.25) is 5.91 Å². The highest BCUT2D eigenvalue weighted by atomic mass is 32.2. The average Bonchev–Trinajstić information content (AvgIpc) is 3.12. The van der Waals surface area contributed by atoms with Crippen LogP contribution in [0.25, 0.3) is 0 Å². The molecule has 0 aliphatic carbocycles. The van der Waals surface area contributed by atoms with Gasteiger partial charge in [0.15, 0.2) is 11.6 Å². The van der Waals surface area contributed by atoms with Crippen LogP contribution in [-0.2, 0) is 14.8 Å². The zero-order chi connectivity index (χ0) is 17.2. The quantitative estimate of drug-likeness (QED) is 0.860. The fourth-order valence-corrected chi connectivity index (χ4v) is 5.29. The van der Waals surface area contributed by atoms with E-state index in [0.29, 0.717) is 19.4 Å². The fraction of sp³-hybridized carbons (Fsp3) is 0.333. The Morgan fingerprint density at radius 2 is 2.21 bits per heavy atom. The van der Waals surface area contributed by atoms with E-state index in [2.05, 4.69) is 10.3 Å². The summed E-state index contributed by atoms with van der Waals surface area (Å²) >= 11 is 1.16. The molecule has 128 valence electrons. The minimum atomic E-state index is -3.56. The smallest absolute Gasteiger partial charge is 0.252 e. The van der Waals surface area contributed by atoms with Crippen molar-refractivity contribution in [3.05, 3.63) is 35.8 Å². The van der Waals surface area contributed by atoms with Crippen molar-refractivity contribution in [1.29, 1.82) is 0 Å². The Morgan fingerprint density at radius 3 is 2.92 bits per heavy atom. The third kappa shape index (κ3) is 3.42. The van der Waals surface area contributed by atoms with Crippen LogP contribution < -0.4 is 5.32 Å². The predicted octanol–water partition coefficient (Wildman–Crippen LogP) is 1.89. The van der Waals surface area contributed by atoms with Crippen molar-refractivity contribution in [2.75, 3.05) is 18.4 Å². The molecule has 1 aliphatic rings. The molecule has 0 radical (unpaired) electrons. The first-order valence-electron chi connectivity index (χ1n) is 7.47. The number of anilines is 1. The fourth-order valence-electron chi connectivity index (χ4n) is 2.62. The van der Waals surface area contributed by atoms with Gasteiger partial charge in [0.25, 0.3) is 10.0 Å². The number of carbonyl (C=O) groups is 1. The number of hydrogen-bond acceptors (Lipinski definition) is 6. The van der Waals surface area contributed by atoms with Crippen LogP contribution in [0, 0.1) is 5.92 Å². The molecular formula is C15H17N3O4S2. The zero-order valence-corrected chi connectivity index (χ0v) is 14.4. The summed E-state index contributed by atoms with van der Waals surface area (Å²) in [6, 6.07) is 6.24. The molecule has 1 atom stereocenters. The van der Waals surface area contributed by atoms with Crippen molar-refractivity contribution in [3.8, 4) is 5.75 Å². The summed E-state index contributed by atoms with van der Waals surface area (Å²) in [6.45, 7) is 0.526. The van der Waals surface area contributed by atoms with Gasteiger partial charge in [-0.25, -0.2) is 13.4 Å². The van der Waals surface area contributed by atoms with Gasteiger partial charge < -0.3 is 10.4 Å². The highest BCUT2D eigenvalue weighted by Crippen LogP contribution is 2.27. The molecule has 2 aromatic rings. The minimum Gasteiger partial charge on any atom is -0.504 e. The van der Waals surface area contributed by atoms with E-state index in [0.717, 1.165) is 11.3 Å². The molecule has 0 bridgehead atoms. The van der Waals surface area contributed by atoms with E-state index in [-0.39, 0.29) is 28.2 Å². The Kier molecular flexibility index (Phi) is 4.83. The molecule has 9 heteroatoms. The van der Waals surface area contributed by atoms with Crippen molar-refractivity contribution in [1.82, 2.24) is 9.29 Å². The Hall–Kier alpha value is -1.97. The summed E-state index contributed by atoms with van der Waals surface area (Å²) in [5, 5.41) is 14.0. The van der Waals surface area contributed by atoms with E-state index in [4.69, 9.17) is 0 Å². The minimum absolute atomic E-state index is 0.0840. The maximum absolute atomic E-state index is 12.6. The number of piperidine rings is 1. The van der Waals surface area contributed by atoms with Gasteiger partial charge >= 0.3 is 0 Å². The second kappa shape index (κ2) is 6.88. The number of amides is 1. The summed E-state index contributed by atoms with van der Waals surface area (Å²) in [5.41, 5.74) is 0. The first-order valence-corrected chi connectivity index (χ1v) is 9.79. The molecule has 2 N–H and O–H groups in total. The lowest BCUT2D eigenvalue weighted by molar-refractivity contribution is -0.120. The SMILES string of the molecule is O=C(Nc1ncccc1O)[C@H]1CCCN(S(=O)(=O)c2cccs2)C1. The number of nitrogens with one attached hydrogen (secondary N) is 1. The lowest BCUT2D eigenvalue weighted by atomic mass is 9.99. The Morgan fingerprint density at radius 1 is 1.38 bits per heavy atom. The standard InChI is InChI=1S/C15H17N3O4S2/c19-12-5-1-7-16-14(12)17-15(20)11-4-2-8-18(10-11)24(21,22)13-6-3-9-23-13/h1,3,5-7,9,11,19H,2,4,8,10H2,(H,16,17,20)/t11-/m0/s1. The van der Waals surface area contributed by atoms with Gasteiger partial charge in [0.05, 0.1) is 5.92 Å². The summed E-state index contributed by atoms with van der Waals surface area (Å²) < 4.78 is 26.8. The van der Waals surface area contributed by atoms with Crippen molar-refractivity contribution in [3.63, 3.8) is 0 Å². The van der Waals surface area contributed by atoms with Crippen molar-refractivity contribution >= 4 is 33.1 Å². The Labute approximate surface area is 144 Å². The molecule has 1 aliphatic heterocycles. The number of sulfonamides is 1. The molecule has 24 heavy (non-hydrogen) atoms. The molecule has 3 rings (SSSR count). The van der Waals surface area contributed by atoms with Crippen LogP contribution in [0.15, 0.2) is 40.1 Å². The molecular weight excluding hydrogens is 350 g/mol. The lowest BCUT2D eigenvalue weighted by Crippen LogP contribution is -2.43. The van der Waals surface area contributed by atoms with E-state index in [1.807, 2.05) is 0 Å². The van der Waals surface area contributed by atoms with E-state index < -0.39 is 15.9 Å². The Balaban J connectivity index is 1.72. The van der Waals surface area contributed by atoms with Crippen LogP contribution in [0.2, 0.25) is 0 Å². The van der Waals surface area contributed by atoms with Gasteiger partial charge in [-0.15, -0.1) is 11.3 Å². The normalized spacial score (nSPS) is 19.1. The Bertz CT molecular complexity index is 821. The first kappa shape index (κ1) is 16.9. The summed E-state index contributed by atoms with van der Waals surface area (Å²) in [6.07, 6.45) is 2.66. The number of hydrogen-bond donors (Lipinski definition) is 2. The van der Waals surface area contributed by atoms with Crippen LogP contribution in [0.4, 0.5) is 5.82 Å². The maximum Gasteiger partial charge on any atom is 0.252 e. The molecule has 1 saturated heterocycles. The van der Waals surface area contributed by atoms with Crippen LogP contribution in [-0.4, -0.2) is 41.8 Å². The maximum atomic E-state index is 12.6. The summed E-state index contributed by atoms with van der Waals surface area (Å²) in [4.78, 5) is 16.3. The number of pyridine rings is 1. The number of thiophene rings is 1. The van der Waals surface area contributed by atoms with Crippen LogP contribution in [0.1, 0.15) is 12.8 Å². The van der Waals surface area contributed by atoms with Crippen LogP contribution in [0.5, 0.6) is 5.75 Å². The zero-order valence-electron chi connectivity index (χ0n) is 12.8. The largest absolute Gasteiger partial charge is 0.504 e. The molecule has 1 amide bonds. The predicted molar refractivity (Wildman–Crippen MR) is 90.3 cm³/mol. The van der Waals surface area contributed by atoms with Crippen molar-refractivity contribution in [2.24, 2.45) is 5.92 Å². The van der Waals surface area contributed by atoms with Gasteiger partial charge in [0, 0.05) is 19.3 Å². The molecule has 0 aromatic carbocycles. The van der Waals surface area contributed by atoms with Gasteiger partial charge in [-0.1, -0.05) is 6.07 Å². The number of aromatic nitrogens is 1. The second-order valence-corrected chi connectivity index (χ2v) is 8.61. The van der Waals surface area contributed by atoms with Gasteiger partial charge in [-0.3, -0.25) is 4.79 Å². The molecule has 0 unspecified atom stereocenters. The highest BCUT2D eigenvalue weighted by molar-refractivity contribution is 7.91. The van der Waals surface area contributed by atoms with E-state index in [1.165, 1.54) is 16.6 Å². The molecule has 1 fully saturated rings. The van der Waals surface area contributed by atoms with Crippen LogP contribution >= 0.6 is 11.3 Å². The van der Waals surface area contributed by atoms with Gasteiger partial charge in [-0.05, 0) is 36.4 Å². The average molecular weight is 367 g/mol. The number of rotatable bonds is 4. The molecule has 0 saturated carbocycles. The second-order valence-electron chi connectivity index (χ2n) is 5.49.